The number of carboxylic acid groups (broad SMARTS) is 1. The van der Waals surface area contributed by atoms with Crippen molar-refractivity contribution in [2.45, 2.75) is 17.4 Å². The molecule has 2 unspecified atom stereocenters. The molecule has 0 saturated heterocycles. The molecule has 0 amide bonds. The van der Waals surface area contributed by atoms with Crippen LogP contribution in [0.3, 0.4) is 0 Å². The first kappa shape index (κ1) is 19.0. The van der Waals surface area contributed by atoms with Crippen LogP contribution in [0.15, 0.2) is 89.8 Å². The summed E-state index contributed by atoms with van der Waals surface area (Å²) in [6.07, 6.45) is 0.223. The molecule has 0 aliphatic rings. The molecule has 3 aromatic rings. The molecule has 0 radical (unpaired) electrons. The van der Waals surface area contributed by atoms with Gasteiger partial charge in [0.2, 0.25) is 11.1 Å². The third kappa shape index (κ3) is 5.34. The second-order valence-electron chi connectivity index (χ2n) is 5.91. The van der Waals surface area contributed by atoms with Gasteiger partial charge in [-0.3, -0.25) is 4.79 Å². The van der Waals surface area contributed by atoms with E-state index in [1.165, 1.54) is 0 Å². The number of carbonyl (C=O) groups is 1. The summed E-state index contributed by atoms with van der Waals surface area (Å²) in [7, 11) is 0. The number of carboxylic acids is 1. The number of hydrogen-bond acceptors (Lipinski definition) is 4. The molecule has 0 aromatic heterocycles. The number of hydrogen-bond donors (Lipinski definition) is 2. The fourth-order valence-electron chi connectivity index (χ4n) is 2.57. The standard InChI is InChI=1S/C21H19NO4S/c23-21(24)20(15-16-7-3-1-4-8-16)22-26-27(25)19-13-11-18(12-14-19)17-9-5-2-6-10-17/h1-14,20,22H,15H2,(H,23,24). The molecular formula is C21H19NO4S. The zero-order chi connectivity index (χ0) is 19.1. The molecule has 0 spiro atoms. The van der Waals surface area contributed by atoms with Crippen LogP contribution in [0, 0.1) is 0 Å². The van der Waals surface area contributed by atoms with Crippen molar-refractivity contribution < 1.29 is 18.4 Å². The molecular weight excluding hydrogens is 362 g/mol. The third-order valence-corrected chi connectivity index (χ3v) is 4.91. The van der Waals surface area contributed by atoms with E-state index in [2.05, 4.69) is 5.48 Å². The molecule has 138 valence electrons. The number of aliphatic carboxylic acids is 1. The lowest BCUT2D eigenvalue weighted by Gasteiger charge is -2.13. The second-order valence-corrected chi connectivity index (χ2v) is 7.01. The van der Waals surface area contributed by atoms with Gasteiger partial charge in [0, 0.05) is 6.42 Å². The Bertz CT molecular complexity index is 898. The Hall–Kier alpha value is -2.80. The van der Waals surface area contributed by atoms with Crippen LogP contribution in [-0.4, -0.2) is 21.3 Å². The molecule has 3 rings (SSSR count). The van der Waals surface area contributed by atoms with E-state index in [1.807, 2.05) is 72.8 Å². The van der Waals surface area contributed by atoms with Crippen LogP contribution < -0.4 is 5.48 Å². The van der Waals surface area contributed by atoms with Crippen molar-refractivity contribution in [2.24, 2.45) is 0 Å². The molecule has 0 aliphatic carbocycles. The Morgan fingerprint density at radius 2 is 1.44 bits per heavy atom. The first-order valence-electron chi connectivity index (χ1n) is 8.40. The Kier molecular flexibility index (Phi) is 6.49. The molecule has 0 bridgehead atoms. The molecule has 0 heterocycles. The highest BCUT2D eigenvalue weighted by atomic mass is 32.2. The summed E-state index contributed by atoms with van der Waals surface area (Å²) in [5.74, 6) is -1.07. The van der Waals surface area contributed by atoms with E-state index in [0.29, 0.717) is 4.90 Å². The van der Waals surface area contributed by atoms with Crippen molar-refractivity contribution >= 4 is 17.0 Å². The van der Waals surface area contributed by atoms with E-state index in [9.17, 15) is 14.1 Å². The zero-order valence-electron chi connectivity index (χ0n) is 14.4. The van der Waals surface area contributed by atoms with Gasteiger partial charge in [-0.25, -0.2) is 4.21 Å². The Morgan fingerprint density at radius 3 is 2.04 bits per heavy atom. The lowest BCUT2D eigenvalue weighted by Crippen LogP contribution is -2.38. The van der Waals surface area contributed by atoms with Crippen LogP contribution in [0.5, 0.6) is 0 Å². The van der Waals surface area contributed by atoms with Gasteiger partial charge in [-0.15, -0.1) is 0 Å². The van der Waals surface area contributed by atoms with E-state index in [4.69, 9.17) is 4.28 Å². The van der Waals surface area contributed by atoms with Gasteiger partial charge in [-0.2, -0.15) is 9.76 Å². The number of benzene rings is 3. The summed E-state index contributed by atoms with van der Waals surface area (Å²) in [6, 6.07) is 25.1. The van der Waals surface area contributed by atoms with Crippen molar-refractivity contribution in [3.05, 3.63) is 90.5 Å². The Morgan fingerprint density at radius 1 is 0.889 bits per heavy atom. The van der Waals surface area contributed by atoms with E-state index in [1.54, 1.807) is 12.1 Å². The van der Waals surface area contributed by atoms with Crippen molar-refractivity contribution in [1.82, 2.24) is 5.48 Å². The van der Waals surface area contributed by atoms with Gasteiger partial charge in [0.1, 0.15) is 6.04 Å². The normalized spacial score (nSPS) is 13.0. The first-order chi connectivity index (χ1) is 13.1. The maximum atomic E-state index is 12.3. The summed E-state index contributed by atoms with van der Waals surface area (Å²) in [5, 5.41) is 9.34. The van der Waals surface area contributed by atoms with Gasteiger partial charge in [0.05, 0.1) is 4.90 Å². The van der Waals surface area contributed by atoms with E-state index < -0.39 is 23.1 Å². The molecule has 0 aliphatic heterocycles. The highest BCUT2D eigenvalue weighted by molar-refractivity contribution is 7.80. The van der Waals surface area contributed by atoms with Gasteiger partial charge in [0.25, 0.3) is 0 Å². The Balaban J connectivity index is 1.61. The van der Waals surface area contributed by atoms with Crippen molar-refractivity contribution in [3.8, 4) is 11.1 Å². The fraction of sp³-hybridized carbons (Fsp3) is 0.0952. The average Bonchev–Trinajstić information content (AvgIpc) is 2.72. The largest absolute Gasteiger partial charge is 0.480 e. The third-order valence-electron chi connectivity index (χ3n) is 4.00. The van der Waals surface area contributed by atoms with Crippen LogP contribution >= 0.6 is 0 Å². The minimum Gasteiger partial charge on any atom is -0.480 e. The van der Waals surface area contributed by atoms with Gasteiger partial charge < -0.3 is 5.11 Å². The predicted molar refractivity (Wildman–Crippen MR) is 104 cm³/mol. The molecule has 0 fully saturated rings. The minimum atomic E-state index is -1.82. The molecule has 5 nitrogen and oxygen atoms in total. The fourth-order valence-corrected chi connectivity index (χ4v) is 3.23. The maximum absolute atomic E-state index is 12.3. The van der Waals surface area contributed by atoms with E-state index in [-0.39, 0.29) is 6.42 Å². The van der Waals surface area contributed by atoms with E-state index in [0.717, 1.165) is 16.7 Å². The number of rotatable bonds is 8. The molecule has 2 atom stereocenters. The van der Waals surface area contributed by atoms with Gasteiger partial charge >= 0.3 is 5.97 Å². The summed E-state index contributed by atoms with van der Waals surface area (Å²) in [4.78, 5) is 11.9. The van der Waals surface area contributed by atoms with Crippen LogP contribution in [0.25, 0.3) is 11.1 Å². The van der Waals surface area contributed by atoms with Crippen LogP contribution in [0.2, 0.25) is 0 Å². The van der Waals surface area contributed by atoms with E-state index >= 15 is 0 Å². The number of nitrogens with one attached hydrogen (secondary N) is 1. The smallest absolute Gasteiger partial charge is 0.323 e. The maximum Gasteiger partial charge on any atom is 0.323 e. The van der Waals surface area contributed by atoms with Gasteiger partial charge in [-0.05, 0) is 28.8 Å². The van der Waals surface area contributed by atoms with Gasteiger partial charge in [-0.1, -0.05) is 72.8 Å². The summed E-state index contributed by atoms with van der Waals surface area (Å²) in [5.41, 5.74) is 5.31. The van der Waals surface area contributed by atoms with Crippen LogP contribution in [0.4, 0.5) is 0 Å². The molecule has 27 heavy (non-hydrogen) atoms. The SMILES string of the molecule is O=C(O)C(Cc1ccccc1)NOS(=O)c1ccc(-c2ccccc2)cc1. The monoisotopic (exact) mass is 381 g/mol. The van der Waals surface area contributed by atoms with Crippen LogP contribution in [0.1, 0.15) is 5.56 Å². The Labute approximate surface area is 160 Å². The molecule has 0 saturated carbocycles. The second kappa shape index (κ2) is 9.23. The zero-order valence-corrected chi connectivity index (χ0v) is 15.3. The van der Waals surface area contributed by atoms with Gasteiger partial charge in [0.15, 0.2) is 0 Å². The van der Waals surface area contributed by atoms with Crippen molar-refractivity contribution in [3.63, 3.8) is 0 Å². The van der Waals surface area contributed by atoms with Crippen molar-refractivity contribution in [1.29, 1.82) is 0 Å². The topological polar surface area (TPSA) is 75.6 Å². The lowest BCUT2D eigenvalue weighted by atomic mass is 10.1. The molecule has 2 N–H and O–H groups in total. The lowest BCUT2D eigenvalue weighted by molar-refractivity contribution is -0.141. The predicted octanol–water partition coefficient (Wildman–Crippen LogP) is 3.59. The summed E-state index contributed by atoms with van der Waals surface area (Å²) < 4.78 is 17.4. The summed E-state index contributed by atoms with van der Waals surface area (Å²) >= 11 is -1.82. The minimum absolute atomic E-state index is 0.223. The van der Waals surface area contributed by atoms with Crippen LogP contribution in [-0.2, 0) is 26.6 Å². The quantitative estimate of drug-likeness (QED) is 0.583. The molecule has 6 heteroatoms. The summed E-state index contributed by atoms with van der Waals surface area (Å²) in [6.45, 7) is 0. The van der Waals surface area contributed by atoms with Crippen molar-refractivity contribution in [2.75, 3.05) is 0 Å². The molecule has 3 aromatic carbocycles. The highest BCUT2D eigenvalue weighted by Crippen LogP contribution is 2.20. The number of hydroxylamine groups is 1. The highest BCUT2D eigenvalue weighted by Gasteiger charge is 2.19. The average molecular weight is 381 g/mol. The first-order valence-corrected chi connectivity index (χ1v) is 9.48.